The van der Waals surface area contributed by atoms with E-state index in [1.54, 1.807) is 6.07 Å². The maximum atomic E-state index is 12.5. The number of halogens is 3. The number of carbonyl (C=O) groups is 1. The van der Waals surface area contributed by atoms with E-state index in [1.165, 1.54) is 25.3 Å². The van der Waals surface area contributed by atoms with Gasteiger partial charge in [-0.05, 0) is 18.1 Å². The molecule has 0 bridgehead atoms. The molecule has 0 aliphatic carbocycles. The summed E-state index contributed by atoms with van der Waals surface area (Å²) in [6.07, 6.45) is -5.41. The second-order valence-corrected chi connectivity index (χ2v) is 3.45. The summed E-state index contributed by atoms with van der Waals surface area (Å²) in [5.41, 5.74) is 0.222. The SMILES string of the molecule is COc1ccccc1CC(C(=O)O)C(F)(F)F. The van der Waals surface area contributed by atoms with E-state index in [0.29, 0.717) is 0 Å². The number of carboxylic acids is 1. The number of ether oxygens (including phenoxy) is 1. The lowest BCUT2D eigenvalue weighted by Crippen LogP contribution is -2.32. The van der Waals surface area contributed by atoms with Crippen LogP contribution in [0.25, 0.3) is 0 Å². The van der Waals surface area contributed by atoms with Crippen LogP contribution in [-0.2, 0) is 11.2 Å². The molecule has 1 atom stereocenters. The van der Waals surface area contributed by atoms with Gasteiger partial charge in [0.25, 0.3) is 0 Å². The summed E-state index contributed by atoms with van der Waals surface area (Å²) >= 11 is 0. The van der Waals surface area contributed by atoms with Crippen molar-refractivity contribution in [3.63, 3.8) is 0 Å². The van der Waals surface area contributed by atoms with Crippen LogP contribution < -0.4 is 4.74 Å². The number of para-hydroxylation sites is 1. The highest BCUT2D eigenvalue weighted by Crippen LogP contribution is 2.31. The van der Waals surface area contributed by atoms with Gasteiger partial charge < -0.3 is 9.84 Å². The Hall–Kier alpha value is -1.72. The molecule has 0 aliphatic heterocycles. The number of alkyl halides is 3. The van der Waals surface area contributed by atoms with Crippen molar-refractivity contribution in [3.05, 3.63) is 29.8 Å². The molecule has 0 heterocycles. The molecule has 0 saturated carbocycles. The van der Waals surface area contributed by atoms with Gasteiger partial charge in [-0.25, -0.2) is 0 Å². The van der Waals surface area contributed by atoms with Crippen molar-refractivity contribution in [2.75, 3.05) is 7.11 Å². The van der Waals surface area contributed by atoms with Crippen molar-refractivity contribution in [1.82, 2.24) is 0 Å². The van der Waals surface area contributed by atoms with Crippen LogP contribution in [0.15, 0.2) is 24.3 Å². The first kappa shape index (κ1) is 13.3. The van der Waals surface area contributed by atoms with Gasteiger partial charge in [-0.15, -0.1) is 0 Å². The molecule has 6 heteroatoms. The van der Waals surface area contributed by atoms with Crippen LogP contribution >= 0.6 is 0 Å². The van der Waals surface area contributed by atoms with Gasteiger partial charge in [0.1, 0.15) is 5.75 Å². The molecule has 0 radical (unpaired) electrons. The topological polar surface area (TPSA) is 46.5 Å². The van der Waals surface area contributed by atoms with E-state index in [1.807, 2.05) is 0 Å². The first-order valence-electron chi connectivity index (χ1n) is 4.77. The number of methoxy groups -OCH3 is 1. The van der Waals surface area contributed by atoms with Gasteiger partial charge in [0.15, 0.2) is 5.92 Å². The molecule has 0 aromatic heterocycles. The zero-order valence-corrected chi connectivity index (χ0v) is 8.99. The maximum Gasteiger partial charge on any atom is 0.402 e. The molecule has 0 fully saturated rings. The van der Waals surface area contributed by atoms with E-state index >= 15 is 0 Å². The smallest absolute Gasteiger partial charge is 0.402 e. The van der Waals surface area contributed by atoms with E-state index in [0.717, 1.165) is 0 Å². The Balaban J connectivity index is 2.98. The molecule has 1 N–H and O–H groups in total. The number of hydrogen-bond acceptors (Lipinski definition) is 2. The highest BCUT2D eigenvalue weighted by molar-refractivity contribution is 5.71. The van der Waals surface area contributed by atoms with Crippen LogP contribution in [0.3, 0.4) is 0 Å². The predicted molar refractivity (Wildman–Crippen MR) is 53.9 cm³/mol. The summed E-state index contributed by atoms with van der Waals surface area (Å²) in [6.45, 7) is 0. The summed E-state index contributed by atoms with van der Waals surface area (Å²) in [5, 5.41) is 8.57. The molecule has 17 heavy (non-hydrogen) atoms. The van der Waals surface area contributed by atoms with Crippen molar-refractivity contribution < 1.29 is 27.8 Å². The third-order valence-electron chi connectivity index (χ3n) is 2.31. The van der Waals surface area contributed by atoms with Crippen LogP contribution in [0.5, 0.6) is 5.75 Å². The Morgan fingerprint density at radius 1 is 1.41 bits per heavy atom. The van der Waals surface area contributed by atoms with Gasteiger partial charge in [0, 0.05) is 0 Å². The van der Waals surface area contributed by atoms with Crippen molar-refractivity contribution >= 4 is 5.97 Å². The van der Waals surface area contributed by atoms with Gasteiger partial charge in [-0.1, -0.05) is 18.2 Å². The average molecular weight is 248 g/mol. The van der Waals surface area contributed by atoms with Crippen molar-refractivity contribution in [3.8, 4) is 5.75 Å². The summed E-state index contributed by atoms with van der Waals surface area (Å²) in [5.74, 6) is -4.05. The molecule has 3 nitrogen and oxygen atoms in total. The van der Waals surface area contributed by atoms with E-state index in [4.69, 9.17) is 9.84 Å². The molecule has 0 saturated heterocycles. The number of carboxylic acid groups (broad SMARTS) is 1. The minimum atomic E-state index is -4.77. The molecule has 1 rings (SSSR count). The fourth-order valence-corrected chi connectivity index (χ4v) is 1.43. The zero-order chi connectivity index (χ0) is 13.1. The molecular weight excluding hydrogens is 237 g/mol. The first-order valence-corrected chi connectivity index (χ1v) is 4.77. The molecule has 1 aromatic rings. The Morgan fingerprint density at radius 3 is 2.47 bits per heavy atom. The standard InChI is InChI=1S/C11H11F3O3/c1-17-9-5-3-2-4-7(9)6-8(10(15)16)11(12,13)14/h2-5,8H,6H2,1H3,(H,15,16). The molecule has 1 unspecified atom stereocenters. The Bertz CT molecular complexity index is 401. The van der Waals surface area contributed by atoms with Crippen molar-refractivity contribution in [1.29, 1.82) is 0 Å². The van der Waals surface area contributed by atoms with E-state index in [9.17, 15) is 18.0 Å². The molecular formula is C11H11F3O3. The molecule has 0 spiro atoms. The lowest BCUT2D eigenvalue weighted by molar-refractivity contribution is -0.193. The first-order chi connectivity index (χ1) is 7.86. The largest absolute Gasteiger partial charge is 0.496 e. The molecule has 0 aliphatic rings. The Kier molecular flexibility index (Phi) is 3.98. The van der Waals surface area contributed by atoms with Gasteiger partial charge >= 0.3 is 12.1 Å². The normalized spacial score (nSPS) is 13.2. The number of aliphatic carboxylic acids is 1. The minimum Gasteiger partial charge on any atom is -0.496 e. The molecule has 1 aromatic carbocycles. The zero-order valence-electron chi connectivity index (χ0n) is 8.99. The lowest BCUT2D eigenvalue weighted by Gasteiger charge is -2.17. The monoisotopic (exact) mass is 248 g/mol. The third kappa shape index (κ3) is 3.37. The number of rotatable bonds is 4. The Morgan fingerprint density at radius 2 is 2.00 bits per heavy atom. The summed E-state index contributed by atoms with van der Waals surface area (Å²) in [4.78, 5) is 10.6. The second-order valence-electron chi connectivity index (χ2n) is 3.45. The van der Waals surface area contributed by atoms with Crippen molar-refractivity contribution in [2.45, 2.75) is 12.6 Å². The van der Waals surface area contributed by atoms with Crippen LogP contribution in [0.2, 0.25) is 0 Å². The molecule has 94 valence electrons. The molecule has 0 amide bonds. The predicted octanol–water partition coefficient (Wildman–Crippen LogP) is 2.50. The number of benzene rings is 1. The van der Waals surface area contributed by atoms with Gasteiger partial charge in [-0.2, -0.15) is 13.2 Å². The van der Waals surface area contributed by atoms with Gasteiger partial charge in [0.05, 0.1) is 7.11 Å². The minimum absolute atomic E-state index is 0.222. The highest BCUT2D eigenvalue weighted by Gasteiger charge is 2.45. The van der Waals surface area contributed by atoms with E-state index in [-0.39, 0.29) is 11.3 Å². The van der Waals surface area contributed by atoms with Crippen LogP contribution in [0, 0.1) is 5.92 Å². The second kappa shape index (κ2) is 5.07. The summed E-state index contributed by atoms with van der Waals surface area (Å²) in [7, 11) is 1.32. The van der Waals surface area contributed by atoms with Gasteiger partial charge in [-0.3, -0.25) is 4.79 Å². The quantitative estimate of drug-likeness (QED) is 0.890. The van der Waals surface area contributed by atoms with E-state index < -0.39 is 24.5 Å². The average Bonchev–Trinajstić information content (AvgIpc) is 2.24. The summed E-state index contributed by atoms with van der Waals surface area (Å²) in [6, 6.07) is 6.05. The highest BCUT2D eigenvalue weighted by atomic mass is 19.4. The fourth-order valence-electron chi connectivity index (χ4n) is 1.43. The van der Waals surface area contributed by atoms with E-state index in [2.05, 4.69) is 0 Å². The fraction of sp³-hybridized carbons (Fsp3) is 0.364. The number of hydrogen-bond donors (Lipinski definition) is 1. The maximum absolute atomic E-state index is 12.5. The third-order valence-corrected chi connectivity index (χ3v) is 2.31. The van der Waals surface area contributed by atoms with Crippen LogP contribution in [-0.4, -0.2) is 24.4 Å². The van der Waals surface area contributed by atoms with Crippen LogP contribution in [0.4, 0.5) is 13.2 Å². The van der Waals surface area contributed by atoms with Crippen molar-refractivity contribution in [2.24, 2.45) is 5.92 Å². The Labute approximate surface area is 95.8 Å². The van der Waals surface area contributed by atoms with Gasteiger partial charge in [0.2, 0.25) is 0 Å². The lowest BCUT2D eigenvalue weighted by atomic mass is 9.98. The van der Waals surface area contributed by atoms with Crippen LogP contribution in [0.1, 0.15) is 5.56 Å². The summed E-state index contributed by atoms with van der Waals surface area (Å²) < 4.78 is 42.3.